The zero-order chi connectivity index (χ0) is 13.1. The van der Waals surface area contributed by atoms with E-state index < -0.39 is 0 Å². The summed E-state index contributed by atoms with van der Waals surface area (Å²) in [5.41, 5.74) is 1.02. The Labute approximate surface area is 112 Å². The van der Waals surface area contributed by atoms with Gasteiger partial charge in [-0.25, -0.2) is 4.98 Å². The monoisotopic (exact) mass is 261 g/mol. The highest BCUT2D eigenvalue weighted by Gasteiger charge is 2.24. The van der Waals surface area contributed by atoms with Gasteiger partial charge in [-0.1, -0.05) is 0 Å². The molecule has 2 N–H and O–H groups in total. The molecule has 2 aliphatic rings. The first kappa shape index (κ1) is 12.4. The average molecular weight is 261 g/mol. The summed E-state index contributed by atoms with van der Waals surface area (Å²) in [5.74, 6) is 0.496. The van der Waals surface area contributed by atoms with Crippen LogP contribution in [-0.2, 0) is 9.53 Å². The SMILES string of the molecule is O=C(Nc1cc(NC2CCC2)ccn1)C1CCCO1. The van der Waals surface area contributed by atoms with Crippen LogP contribution in [0.3, 0.4) is 0 Å². The minimum absolute atomic E-state index is 0.0919. The van der Waals surface area contributed by atoms with Crippen molar-refractivity contribution in [3.8, 4) is 0 Å². The molecule has 102 valence electrons. The molecule has 0 radical (unpaired) electrons. The highest BCUT2D eigenvalue weighted by Crippen LogP contribution is 2.24. The average Bonchev–Trinajstić information content (AvgIpc) is 2.88. The molecule has 2 fully saturated rings. The van der Waals surface area contributed by atoms with Gasteiger partial charge >= 0.3 is 0 Å². The molecule has 1 unspecified atom stereocenters. The summed E-state index contributed by atoms with van der Waals surface area (Å²) in [4.78, 5) is 16.1. The van der Waals surface area contributed by atoms with Crippen molar-refractivity contribution >= 4 is 17.4 Å². The molecule has 1 saturated carbocycles. The van der Waals surface area contributed by atoms with Gasteiger partial charge in [0.1, 0.15) is 11.9 Å². The van der Waals surface area contributed by atoms with Gasteiger partial charge in [0.05, 0.1) is 0 Å². The van der Waals surface area contributed by atoms with E-state index in [2.05, 4.69) is 15.6 Å². The molecule has 5 heteroatoms. The summed E-state index contributed by atoms with van der Waals surface area (Å²) in [7, 11) is 0. The molecule has 1 aliphatic heterocycles. The molecule has 1 saturated heterocycles. The van der Waals surface area contributed by atoms with E-state index in [9.17, 15) is 4.79 Å². The Morgan fingerprint density at radius 3 is 2.89 bits per heavy atom. The minimum Gasteiger partial charge on any atom is -0.382 e. The van der Waals surface area contributed by atoms with Crippen LogP contribution in [0.15, 0.2) is 18.3 Å². The highest BCUT2D eigenvalue weighted by atomic mass is 16.5. The van der Waals surface area contributed by atoms with E-state index in [1.807, 2.05) is 12.1 Å². The third-order valence-corrected chi connectivity index (χ3v) is 3.71. The third-order valence-electron chi connectivity index (χ3n) is 3.71. The number of nitrogens with one attached hydrogen (secondary N) is 2. The number of rotatable bonds is 4. The van der Waals surface area contributed by atoms with Gasteiger partial charge in [0.15, 0.2) is 0 Å². The summed E-state index contributed by atoms with van der Waals surface area (Å²) < 4.78 is 5.35. The first-order valence-electron chi connectivity index (χ1n) is 6.96. The molecule has 0 aromatic carbocycles. The lowest BCUT2D eigenvalue weighted by atomic mass is 9.93. The Hall–Kier alpha value is -1.62. The van der Waals surface area contributed by atoms with Gasteiger partial charge in [0.25, 0.3) is 5.91 Å². The lowest BCUT2D eigenvalue weighted by Crippen LogP contribution is -2.28. The minimum atomic E-state index is -0.315. The molecule has 1 amide bonds. The fourth-order valence-corrected chi connectivity index (χ4v) is 2.37. The number of nitrogens with zero attached hydrogens (tertiary/aromatic N) is 1. The van der Waals surface area contributed by atoms with Crippen molar-refractivity contribution in [1.82, 2.24) is 4.98 Å². The zero-order valence-corrected chi connectivity index (χ0v) is 10.9. The Bertz CT molecular complexity index is 454. The number of ether oxygens (including phenoxy) is 1. The van der Waals surface area contributed by atoms with Crippen LogP contribution in [-0.4, -0.2) is 29.6 Å². The molecule has 1 aliphatic carbocycles. The summed E-state index contributed by atoms with van der Waals surface area (Å²) in [6.07, 6.45) is 6.89. The van der Waals surface area contributed by atoms with E-state index in [0.717, 1.165) is 18.5 Å². The predicted octanol–water partition coefficient (Wildman–Crippen LogP) is 2.16. The van der Waals surface area contributed by atoms with Crippen LogP contribution >= 0.6 is 0 Å². The fraction of sp³-hybridized carbons (Fsp3) is 0.571. The molecule has 0 spiro atoms. The van der Waals surface area contributed by atoms with Crippen molar-refractivity contribution in [2.24, 2.45) is 0 Å². The lowest BCUT2D eigenvalue weighted by Gasteiger charge is -2.27. The summed E-state index contributed by atoms with van der Waals surface area (Å²) in [6.45, 7) is 0.675. The maximum absolute atomic E-state index is 11.9. The van der Waals surface area contributed by atoms with Crippen LogP contribution in [0.1, 0.15) is 32.1 Å². The van der Waals surface area contributed by atoms with Crippen LogP contribution in [0, 0.1) is 0 Å². The number of amides is 1. The molecule has 3 rings (SSSR count). The Morgan fingerprint density at radius 2 is 2.21 bits per heavy atom. The summed E-state index contributed by atoms with van der Waals surface area (Å²) in [6, 6.07) is 4.38. The van der Waals surface area contributed by atoms with Gasteiger partial charge in [-0.2, -0.15) is 0 Å². The highest BCUT2D eigenvalue weighted by molar-refractivity contribution is 5.93. The second kappa shape index (κ2) is 5.57. The third kappa shape index (κ3) is 3.04. The van der Waals surface area contributed by atoms with Gasteiger partial charge in [0, 0.05) is 30.6 Å². The van der Waals surface area contributed by atoms with Gasteiger partial charge in [-0.3, -0.25) is 4.79 Å². The van der Waals surface area contributed by atoms with Gasteiger partial charge in [-0.15, -0.1) is 0 Å². The first-order valence-corrected chi connectivity index (χ1v) is 6.96. The van der Waals surface area contributed by atoms with Crippen molar-refractivity contribution in [2.75, 3.05) is 17.2 Å². The number of aromatic nitrogens is 1. The Balaban J connectivity index is 1.60. The number of carbonyl (C=O) groups excluding carboxylic acids is 1. The molecular formula is C14H19N3O2. The summed E-state index contributed by atoms with van der Waals surface area (Å²) >= 11 is 0. The fourth-order valence-electron chi connectivity index (χ4n) is 2.37. The Kier molecular flexibility index (Phi) is 3.64. The molecule has 5 nitrogen and oxygen atoms in total. The smallest absolute Gasteiger partial charge is 0.254 e. The van der Waals surface area contributed by atoms with Crippen molar-refractivity contribution < 1.29 is 9.53 Å². The van der Waals surface area contributed by atoms with Gasteiger partial charge in [-0.05, 0) is 38.2 Å². The van der Waals surface area contributed by atoms with Crippen LogP contribution < -0.4 is 10.6 Å². The van der Waals surface area contributed by atoms with E-state index in [1.165, 1.54) is 19.3 Å². The molecule has 19 heavy (non-hydrogen) atoms. The van der Waals surface area contributed by atoms with Crippen LogP contribution in [0.25, 0.3) is 0 Å². The van der Waals surface area contributed by atoms with Crippen LogP contribution in [0.5, 0.6) is 0 Å². The largest absolute Gasteiger partial charge is 0.382 e. The van der Waals surface area contributed by atoms with Gasteiger partial charge < -0.3 is 15.4 Å². The molecular weight excluding hydrogens is 242 g/mol. The van der Waals surface area contributed by atoms with Crippen molar-refractivity contribution in [3.63, 3.8) is 0 Å². The van der Waals surface area contributed by atoms with Crippen molar-refractivity contribution in [3.05, 3.63) is 18.3 Å². The Morgan fingerprint density at radius 1 is 1.32 bits per heavy atom. The van der Waals surface area contributed by atoms with Gasteiger partial charge in [0.2, 0.25) is 0 Å². The topological polar surface area (TPSA) is 63.2 Å². The summed E-state index contributed by atoms with van der Waals surface area (Å²) in [5, 5.41) is 6.26. The molecule has 0 bridgehead atoms. The number of carbonyl (C=O) groups is 1. The standard InChI is InChI=1S/C14H19N3O2/c18-14(12-5-2-8-19-12)17-13-9-11(6-7-15-13)16-10-3-1-4-10/h6-7,9-10,12H,1-5,8H2,(H2,15,16,17,18). The van der Waals surface area contributed by atoms with E-state index in [4.69, 9.17) is 4.74 Å². The zero-order valence-electron chi connectivity index (χ0n) is 10.9. The van der Waals surface area contributed by atoms with Crippen LogP contribution in [0.2, 0.25) is 0 Å². The quantitative estimate of drug-likeness (QED) is 0.872. The maximum atomic E-state index is 11.9. The number of hydrogen-bond acceptors (Lipinski definition) is 4. The predicted molar refractivity (Wildman–Crippen MR) is 73.1 cm³/mol. The first-order chi connectivity index (χ1) is 9.31. The van der Waals surface area contributed by atoms with E-state index in [0.29, 0.717) is 18.5 Å². The maximum Gasteiger partial charge on any atom is 0.254 e. The lowest BCUT2D eigenvalue weighted by molar-refractivity contribution is -0.124. The second-order valence-electron chi connectivity index (χ2n) is 5.19. The van der Waals surface area contributed by atoms with E-state index >= 15 is 0 Å². The molecule has 1 aromatic rings. The van der Waals surface area contributed by atoms with E-state index in [-0.39, 0.29) is 12.0 Å². The van der Waals surface area contributed by atoms with Crippen LogP contribution in [0.4, 0.5) is 11.5 Å². The molecule has 2 heterocycles. The number of pyridine rings is 1. The number of anilines is 2. The number of hydrogen-bond donors (Lipinski definition) is 2. The molecule has 1 aromatic heterocycles. The van der Waals surface area contributed by atoms with Crippen molar-refractivity contribution in [2.45, 2.75) is 44.2 Å². The normalized spacial score (nSPS) is 22.8. The molecule has 1 atom stereocenters. The van der Waals surface area contributed by atoms with Crippen molar-refractivity contribution in [1.29, 1.82) is 0 Å². The second-order valence-corrected chi connectivity index (χ2v) is 5.19. The van der Waals surface area contributed by atoms with E-state index in [1.54, 1.807) is 6.20 Å².